The van der Waals surface area contributed by atoms with Crippen molar-refractivity contribution in [2.24, 2.45) is 5.41 Å². The van der Waals surface area contributed by atoms with Crippen LogP contribution in [0, 0.1) is 12.3 Å². The highest BCUT2D eigenvalue weighted by molar-refractivity contribution is 9.11. The topological polar surface area (TPSA) is 32.3 Å². The van der Waals surface area contributed by atoms with Crippen LogP contribution in [0.15, 0.2) is 9.85 Å². The van der Waals surface area contributed by atoms with Gasteiger partial charge in [0, 0.05) is 6.54 Å². The first kappa shape index (κ1) is 15.0. The van der Waals surface area contributed by atoms with Crippen LogP contribution in [0.3, 0.4) is 0 Å². The predicted octanol–water partition coefficient (Wildman–Crippen LogP) is 3.28. The van der Waals surface area contributed by atoms with Gasteiger partial charge in [-0.05, 0) is 72.9 Å². The predicted molar refractivity (Wildman–Crippen MR) is 83.9 cm³/mol. The summed E-state index contributed by atoms with van der Waals surface area (Å²) in [5.41, 5.74) is 1.37. The minimum atomic E-state index is 0.0546. The number of hydrogen-bond acceptors (Lipinski definition) is 3. The zero-order chi connectivity index (χ0) is 14.0. The molecule has 3 nitrogen and oxygen atoms in total. The van der Waals surface area contributed by atoms with Crippen molar-refractivity contribution in [3.63, 3.8) is 0 Å². The molecule has 19 heavy (non-hydrogen) atoms. The average Bonchev–Trinajstić information content (AvgIpc) is 2.71. The molecule has 1 amide bonds. The van der Waals surface area contributed by atoms with Crippen molar-refractivity contribution in [2.45, 2.75) is 26.7 Å². The van der Waals surface area contributed by atoms with Crippen molar-refractivity contribution >= 4 is 33.2 Å². The lowest BCUT2D eigenvalue weighted by Crippen LogP contribution is -2.43. The third-order valence-corrected chi connectivity index (χ3v) is 6.09. The van der Waals surface area contributed by atoms with Crippen LogP contribution in [0.5, 0.6) is 0 Å². The van der Waals surface area contributed by atoms with E-state index in [1.807, 2.05) is 13.0 Å². The number of nitrogens with one attached hydrogen (secondary N) is 1. The fourth-order valence-corrected chi connectivity index (χ4v) is 3.74. The summed E-state index contributed by atoms with van der Waals surface area (Å²) in [6.07, 6.45) is 2.30. The standard InChI is InChI=1S/C14H21BrN2OS/c1-10-8-11(19-12(10)15)13(18)16-9-14(2)4-6-17(3)7-5-14/h8H,4-7,9H2,1-3H3,(H,16,18). The number of carbonyl (C=O) groups excluding carboxylic acids is 1. The van der Waals surface area contributed by atoms with Gasteiger partial charge >= 0.3 is 0 Å². The maximum Gasteiger partial charge on any atom is 0.261 e. The van der Waals surface area contributed by atoms with Crippen molar-refractivity contribution in [2.75, 3.05) is 26.7 Å². The van der Waals surface area contributed by atoms with Gasteiger partial charge in [0.15, 0.2) is 0 Å². The van der Waals surface area contributed by atoms with Gasteiger partial charge in [-0.1, -0.05) is 6.92 Å². The molecule has 0 spiro atoms. The van der Waals surface area contributed by atoms with E-state index in [0.717, 1.165) is 46.7 Å². The van der Waals surface area contributed by atoms with Gasteiger partial charge in [-0.3, -0.25) is 4.79 Å². The van der Waals surface area contributed by atoms with Gasteiger partial charge in [0.25, 0.3) is 5.91 Å². The van der Waals surface area contributed by atoms with Crippen LogP contribution in [0.1, 0.15) is 35.0 Å². The van der Waals surface area contributed by atoms with E-state index in [-0.39, 0.29) is 11.3 Å². The molecule has 1 N–H and O–H groups in total. The van der Waals surface area contributed by atoms with E-state index in [0.29, 0.717) is 0 Å². The Balaban J connectivity index is 1.90. The molecule has 2 heterocycles. The van der Waals surface area contributed by atoms with E-state index in [1.54, 1.807) is 0 Å². The number of likely N-dealkylation sites (tertiary alicyclic amines) is 1. The Morgan fingerprint density at radius 2 is 2.16 bits per heavy atom. The minimum Gasteiger partial charge on any atom is -0.351 e. The van der Waals surface area contributed by atoms with E-state index >= 15 is 0 Å². The van der Waals surface area contributed by atoms with Crippen LogP contribution in [0.4, 0.5) is 0 Å². The first-order valence-electron chi connectivity index (χ1n) is 6.62. The number of nitrogens with zero attached hydrogens (tertiary/aromatic N) is 1. The molecule has 0 bridgehead atoms. The number of aryl methyl sites for hydroxylation is 1. The summed E-state index contributed by atoms with van der Waals surface area (Å²) in [7, 11) is 2.16. The van der Waals surface area contributed by atoms with Crippen LogP contribution in [0.25, 0.3) is 0 Å². The second kappa shape index (κ2) is 5.94. The molecule has 0 aromatic carbocycles. The molecular formula is C14H21BrN2OS. The molecule has 1 aliphatic rings. The summed E-state index contributed by atoms with van der Waals surface area (Å²) in [5, 5.41) is 3.10. The number of halogens is 1. The first-order valence-corrected chi connectivity index (χ1v) is 8.23. The number of rotatable bonds is 3. The smallest absolute Gasteiger partial charge is 0.261 e. The molecule has 1 aliphatic heterocycles. The van der Waals surface area contributed by atoms with E-state index in [2.05, 4.69) is 40.1 Å². The fraction of sp³-hybridized carbons (Fsp3) is 0.643. The van der Waals surface area contributed by atoms with Gasteiger partial charge < -0.3 is 10.2 Å². The Bertz CT molecular complexity index is 445. The van der Waals surface area contributed by atoms with Gasteiger partial charge in [0.05, 0.1) is 8.66 Å². The number of thiophene rings is 1. The Morgan fingerprint density at radius 3 is 2.68 bits per heavy atom. The highest BCUT2D eigenvalue weighted by Gasteiger charge is 2.29. The monoisotopic (exact) mass is 344 g/mol. The van der Waals surface area contributed by atoms with Gasteiger partial charge in [0.1, 0.15) is 0 Å². The highest BCUT2D eigenvalue weighted by Crippen LogP contribution is 2.30. The van der Waals surface area contributed by atoms with Crippen molar-refractivity contribution < 1.29 is 4.79 Å². The van der Waals surface area contributed by atoms with Crippen LogP contribution >= 0.6 is 27.3 Å². The molecule has 0 saturated carbocycles. The largest absolute Gasteiger partial charge is 0.351 e. The van der Waals surface area contributed by atoms with Gasteiger partial charge in [0.2, 0.25) is 0 Å². The molecule has 106 valence electrons. The summed E-state index contributed by atoms with van der Waals surface area (Å²) >= 11 is 4.97. The quantitative estimate of drug-likeness (QED) is 0.912. The van der Waals surface area contributed by atoms with Gasteiger partial charge in [-0.25, -0.2) is 0 Å². The van der Waals surface area contributed by atoms with Crippen LogP contribution in [-0.2, 0) is 0 Å². The zero-order valence-corrected chi connectivity index (χ0v) is 14.2. The van der Waals surface area contributed by atoms with E-state index < -0.39 is 0 Å². The molecule has 5 heteroatoms. The van der Waals surface area contributed by atoms with Gasteiger partial charge in [-0.2, -0.15) is 0 Å². The van der Waals surface area contributed by atoms with Gasteiger partial charge in [-0.15, -0.1) is 11.3 Å². The Hall–Kier alpha value is -0.390. The van der Waals surface area contributed by atoms with E-state index in [1.165, 1.54) is 11.3 Å². The van der Waals surface area contributed by atoms with Crippen molar-refractivity contribution in [3.8, 4) is 0 Å². The fourth-order valence-electron chi connectivity index (χ4n) is 2.29. The molecule has 0 aliphatic carbocycles. The highest BCUT2D eigenvalue weighted by atomic mass is 79.9. The van der Waals surface area contributed by atoms with Crippen LogP contribution in [-0.4, -0.2) is 37.5 Å². The van der Waals surface area contributed by atoms with Crippen molar-refractivity contribution in [3.05, 3.63) is 20.3 Å². The summed E-state index contributed by atoms with van der Waals surface area (Å²) in [6.45, 7) is 7.30. The third-order valence-electron chi connectivity index (χ3n) is 3.95. The second-order valence-corrected chi connectivity index (χ2v) is 8.23. The molecule has 0 radical (unpaired) electrons. The normalized spacial score (nSPS) is 19.4. The summed E-state index contributed by atoms with van der Waals surface area (Å²) in [5.74, 6) is 0.0546. The molecule has 0 atom stereocenters. The molecule has 1 saturated heterocycles. The second-order valence-electron chi connectivity index (χ2n) is 5.86. The molecule has 1 aromatic rings. The molecule has 1 aromatic heterocycles. The minimum absolute atomic E-state index is 0.0546. The Kier molecular flexibility index (Phi) is 4.69. The number of amides is 1. The SMILES string of the molecule is Cc1cc(C(=O)NCC2(C)CCN(C)CC2)sc1Br. The number of hydrogen-bond donors (Lipinski definition) is 1. The summed E-state index contributed by atoms with van der Waals surface area (Å²) in [6, 6.07) is 1.95. The summed E-state index contributed by atoms with van der Waals surface area (Å²) in [4.78, 5) is 15.3. The average molecular weight is 345 g/mol. The summed E-state index contributed by atoms with van der Waals surface area (Å²) < 4.78 is 1.04. The van der Waals surface area contributed by atoms with E-state index in [9.17, 15) is 4.79 Å². The molecule has 2 rings (SSSR count). The molecule has 0 unspecified atom stereocenters. The van der Waals surface area contributed by atoms with Crippen molar-refractivity contribution in [1.82, 2.24) is 10.2 Å². The Labute approximate surface area is 127 Å². The van der Waals surface area contributed by atoms with Crippen molar-refractivity contribution in [1.29, 1.82) is 0 Å². The number of piperidine rings is 1. The van der Waals surface area contributed by atoms with E-state index in [4.69, 9.17) is 0 Å². The third kappa shape index (κ3) is 3.80. The lowest BCUT2D eigenvalue weighted by Gasteiger charge is -2.37. The molecule has 1 fully saturated rings. The lowest BCUT2D eigenvalue weighted by molar-refractivity contribution is 0.0895. The zero-order valence-electron chi connectivity index (χ0n) is 11.8. The number of carbonyl (C=O) groups is 1. The lowest BCUT2D eigenvalue weighted by atomic mass is 9.80. The molecular weight excluding hydrogens is 324 g/mol. The van der Waals surface area contributed by atoms with Crippen LogP contribution in [0.2, 0.25) is 0 Å². The Morgan fingerprint density at radius 1 is 1.53 bits per heavy atom. The van der Waals surface area contributed by atoms with Crippen LogP contribution < -0.4 is 5.32 Å². The first-order chi connectivity index (χ1) is 8.89. The maximum atomic E-state index is 12.1. The maximum absolute atomic E-state index is 12.1.